The minimum absolute atomic E-state index is 0.107. The van der Waals surface area contributed by atoms with Crippen molar-refractivity contribution in [3.8, 4) is 0 Å². The first-order valence-electron chi connectivity index (χ1n) is 8.91. The average molecular weight is 369 g/mol. The molecule has 2 heterocycles. The van der Waals surface area contributed by atoms with Crippen LogP contribution in [0.25, 0.3) is 0 Å². The number of H-pyrrole nitrogens is 1. The number of Topliss-reactive ketones (excluding diaryl/α,β-unsaturated/α-hetero) is 1. The summed E-state index contributed by atoms with van der Waals surface area (Å²) in [6, 6.07) is 8.50. The van der Waals surface area contributed by atoms with E-state index in [0.717, 1.165) is 31.6 Å². The van der Waals surface area contributed by atoms with Crippen LogP contribution in [0, 0.1) is 0 Å². The Kier molecular flexibility index (Phi) is 5.59. The maximum atomic E-state index is 12.3. The van der Waals surface area contributed by atoms with Gasteiger partial charge < -0.3 is 19.5 Å². The molecule has 1 amide bonds. The van der Waals surface area contributed by atoms with Gasteiger partial charge in [-0.15, -0.1) is 0 Å². The van der Waals surface area contributed by atoms with Crippen molar-refractivity contribution in [2.24, 2.45) is 0 Å². The average Bonchev–Trinajstić information content (AvgIpc) is 3.37. The summed E-state index contributed by atoms with van der Waals surface area (Å²) < 4.78 is 5.13. The lowest BCUT2D eigenvalue weighted by atomic mass is 10.2. The maximum Gasteiger partial charge on any atom is 0.338 e. The van der Waals surface area contributed by atoms with Gasteiger partial charge in [-0.2, -0.15) is 0 Å². The van der Waals surface area contributed by atoms with Crippen LogP contribution in [0.15, 0.2) is 36.5 Å². The second kappa shape index (κ2) is 8.07. The quantitative estimate of drug-likeness (QED) is 0.624. The van der Waals surface area contributed by atoms with Crippen LogP contribution < -0.4 is 4.90 Å². The molecular weight excluding hydrogens is 346 g/mol. The van der Waals surface area contributed by atoms with Crippen molar-refractivity contribution in [2.75, 3.05) is 38.7 Å². The third-order valence-corrected chi connectivity index (χ3v) is 4.56. The number of ether oxygens (including phenoxy) is 1. The van der Waals surface area contributed by atoms with E-state index in [9.17, 15) is 14.4 Å². The number of nitrogens with one attached hydrogen (secondary N) is 1. The lowest BCUT2D eigenvalue weighted by Crippen LogP contribution is -2.27. The van der Waals surface area contributed by atoms with E-state index in [2.05, 4.69) is 4.98 Å². The van der Waals surface area contributed by atoms with Crippen LogP contribution in [0.2, 0.25) is 0 Å². The number of hydrogen-bond donors (Lipinski definition) is 1. The molecule has 0 saturated carbocycles. The Balaban J connectivity index is 1.58. The molecule has 0 unspecified atom stereocenters. The number of amides is 1. The molecule has 1 fully saturated rings. The number of aromatic nitrogens is 1. The zero-order valence-electron chi connectivity index (χ0n) is 15.5. The van der Waals surface area contributed by atoms with Gasteiger partial charge in [0.15, 0.2) is 6.61 Å². The number of aromatic amines is 1. The van der Waals surface area contributed by atoms with E-state index in [1.807, 2.05) is 25.1 Å². The Morgan fingerprint density at radius 1 is 1.11 bits per heavy atom. The monoisotopic (exact) mass is 369 g/mol. The van der Waals surface area contributed by atoms with Crippen LogP contribution in [0.3, 0.4) is 0 Å². The molecule has 1 saturated heterocycles. The van der Waals surface area contributed by atoms with Crippen molar-refractivity contribution in [2.45, 2.75) is 12.8 Å². The van der Waals surface area contributed by atoms with Gasteiger partial charge >= 0.3 is 5.97 Å². The van der Waals surface area contributed by atoms with Gasteiger partial charge in [-0.1, -0.05) is 6.07 Å². The molecule has 0 spiro atoms. The third kappa shape index (κ3) is 4.36. The van der Waals surface area contributed by atoms with Gasteiger partial charge in [0.25, 0.3) is 5.91 Å². The Labute approximate surface area is 157 Å². The van der Waals surface area contributed by atoms with Crippen molar-refractivity contribution in [1.29, 1.82) is 0 Å². The molecular formula is C20H23N3O4. The molecule has 0 bridgehead atoms. The molecule has 142 valence electrons. The van der Waals surface area contributed by atoms with Crippen molar-refractivity contribution < 1.29 is 19.1 Å². The lowest BCUT2D eigenvalue weighted by molar-refractivity contribution is 0.0474. The van der Waals surface area contributed by atoms with Crippen LogP contribution in [0.5, 0.6) is 0 Å². The minimum Gasteiger partial charge on any atom is -0.454 e. The molecule has 1 aromatic carbocycles. The molecule has 0 atom stereocenters. The first kappa shape index (κ1) is 18.7. The van der Waals surface area contributed by atoms with E-state index in [-0.39, 0.29) is 18.3 Å². The lowest BCUT2D eigenvalue weighted by Gasteiger charge is -2.13. The van der Waals surface area contributed by atoms with Crippen molar-refractivity contribution >= 4 is 23.3 Å². The number of rotatable bonds is 6. The van der Waals surface area contributed by atoms with Crippen LogP contribution >= 0.6 is 0 Å². The van der Waals surface area contributed by atoms with E-state index in [0.29, 0.717) is 16.8 Å². The zero-order chi connectivity index (χ0) is 19.4. The van der Waals surface area contributed by atoms with Crippen molar-refractivity contribution in [3.05, 3.63) is 53.3 Å². The summed E-state index contributed by atoms with van der Waals surface area (Å²) in [6.07, 6.45) is 3.48. The maximum absolute atomic E-state index is 12.3. The number of carbonyl (C=O) groups is 3. The first-order chi connectivity index (χ1) is 13.0. The second-order valence-electron chi connectivity index (χ2n) is 6.75. The van der Waals surface area contributed by atoms with Gasteiger partial charge in [0.2, 0.25) is 5.78 Å². The van der Waals surface area contributed by atoms with E-state index in [4.69, 9.17) is 4.74 Å². The number of hydrogen-bond acceptors (Lipinski definition) is 5. The van der Waals surface area contributed by atoms with Gasteiger partial charge in [0, 0.05) is 44.6 Å². The van der Waals surface area contributed by atoms with Crippen LogP contribution in [-0.2, 0) is 4.74 Å². The molecule has 7 heteroatoms. The predicted octanol–water partition coefficient (Wildman–Crippen LogP) is 2.36. The van der Waals surface area contributed by atoms with E-state index >= 15 is 0 Å². The Morgan fingerprint density at radius 3 is 2.56 bits per heavy atom. The highest BCUT2D eigenvalue weighted by Gasteiger charge is 2.22. The summed E-state index contributed by atoms with van der Waals surface area (Å²) >= 11 is 0. The molecule has 0 radical (unpaired) electrons. The fraction of sp³-hybridized carbons (Fsp3) is 0.350. The summed E-state index contributed by atoms with van der Waals surface area (Å²) in [6.45, 7) is 1.11. The summed E-state index contributed by atoms with van der Waals surface area (Å²) in [5.74, 6) is -1.02. The molecule has 0 aliphatic carbocycles. The Bertz CT molecular complexity index is 850. The molecule has 27 heavy (non-hydrogen) atoms. The fourth-order valence-electron chi connectivity index (χ4n) is 2.98. The molecule has 2 aromatic rings. The number of carbonyl (C=O) groups excluding carboxylic acids is 3. The fourth-order valence-corrected chi connectivity index (χ4v) is 2.98. The van der Waals surface area contributed by atoms with Crippen LogP contribution in [0.1, 0.15) is 44.0 Å². The number of nitrogens with zero attached hydrogens (tertiary/aromatic N) is 2. The molecule has 1 N–H and O–H groups in total. The minimum atomic E-state index is -0.559. The van der Waals surface area contributed by atoms with Crippen LogP contribution in [-0.4, -0.2) is 61.3 Å². The summed E-state index contributed by atoms with van der Waals surface area (Å²) in [7, 11) is 3.75. The number of benzene rings is 1. The Morgan fingerprint density at radius 2 is 1.85 bits per heavy atom. The number of ketones is 1. The number of esters is 1. The highest BCUT2D eigenvalue weighted by Crippen LogP contribution is 2.15. The van der Waals surface area contributed by atoms with Gasteiger partial charge in [-0.05, 0) is 37.1 Å². The van der Waals surface area contributed by atoms with Gasteiger partial charge in [-0.3, -0.25) is 9.59 Å². The van der Waals surface area contributed by atoms with E-state index in [1.54, 1.807) is 23.1 Å². The standard InChI is InChI=1S/C20H23N3O4/c1-22(2)16-7-5-6-14(10-16)20(26)27-13-18(24)15-11-17(21-12-15)19(25)23-8-3-4-9-23/h5-7,10-12,21H,3-4,8-9,13H2,1-2H3. The molecule has 1 aliphatic rings. The molecule has 1 aliphatic heterocycles. The SMILES string of the molecule is CN(C)c1cccc(C(=O)OCC(=O)c2c[nH]c(C(=O)N3CCCC3)c2)c1. The number of likely N-dealkylation sites (tertiary alicyclic amines) is 1. The predicted molar refractivity (Wildman–Crippen MR) is 101 cm³/mol. The van der Waals surface area contributed by atoms with E-state index in [1.165, 1.54) is 12.3 Å². The second-order valence-corrected chi connectivity index (χ2v) is 6.75. The molecule has 3 rings (SSSR count). The highest BCUT2D eigenvalue weighted by molar-refractivity contribution is 6.02. The topological polar surface area (TPSA) is 82.7 Å². The normalized spacial score (nSPS) is 13.5. The summed E-state index contributed by atoms with van der Waals surface area (Å²) in [4.78, 5) is 43.3. The summed E-state index contributed by atoms with van der Waals surface area (Å²) in [5.41, 5.74) is 1.96. The molecule has 7 nitrogen and oxygen atoms in total. The first-order valence-corrected chi connectivity index (χ1v) is 8.91. The summed E-state index contributed by atoms with van der Waals surface area (Å²) in [5, 5.41) is 0. The number of anilines is 1. The van der Waals surface area contributed by atoms with Gasteiger partial charge in [0.05, 0.1) is 5.56 Å². The largest absolute Gasteiger partial charge is 0.454 e. The zero-order valence-corrected chi connectivity index (χ0v) is 15.5. The van der Waals surface area contributed by atoms with Gasteiger partial charge in [0.1, 0.15) is 5.69 Å². The van der Waals surface area contributed by atoms with Crippen molar-refractivity contribution in [1.82, 2.24) is 9.88 Å². The molecule has 1 aromatic heterocycles. The van der Waals surface area contributed by atoms with Crippen LogP contribution in [0.4, 0.5) is 5.69 Å². The highest BCUT2D eigenvalue weighted by atomic mass is 16.5. The van der Waals surface area contributed by atoms with E-state index < -0.39 is 5.97 Å². The smallest absolute Gasteiger partial charge is 0.338 e. The third-order valence-electron chi connectivity index (χ3n) is 4.56. The Hall–Kier alpha value is -3.09. The van der Waals surface area contributed by atoms with Gasteiger partial charge in [-0.25, -0.2) is 4.79 Å². The van der Waals surface area contributed by atoms with Crippen molar-refractivity contribution in [3.63, 3.8) is 0 Å².